The van der Waals surface area contributed by atoms with Gasteiger partial charge in [-0.3, -0.25) is 0 Å². The summed E-state index contributed by atoms with van der Waals surface area (Å²) < 4.78 is 0. The predicted molar refractivity (Wildman–Crippen MR) is 130 cm³/mol. The van der Waals surface area contributed by atoms with Gasteiger partial charge in [0.15, 0.2) is 0 Å². The van der Waals surface area contributed by atoms with E-state index in [-0.39, 0.29) is 0 Å². The zero-order chi connectivity index (χ0) is 19.3. The molecular weight excluding hydrogens is 373 g/mol. The number of hydrogen-bond donors (Lipinski definition) is 0. The van der Waals surface area contributed by atoms with Gasteiger partial charge in [0.1, 0.15) is 7.59 Å². The van der Waals surface area contributed by atoms with Crippen molar-refractivity contribution >= 4 is 39.5 Å². The topological polar surface area (TPSA) is 0 Å². The minimum atomic E-state index is -1.74. The smallest absolute Gasteiger partial charge is 0.0707 e. The van der Waals surface area contributed by atoms with Crippen LogP contribution in [0.2, 0.25) is 38.3 Å². The molecule has 3 rings (SSSR count). The first kappa shape index (κ1) is 20.1. The van der Waals surface area contributed by atoms with E-state index in [0.717, 1.165) is 0 Å². The van der Waals surface area contributed by atoms with Crippen molar-refractivity contribution in [2.45, 2.75) is 38.3 Å². The summed E-state index contributed by atoms with van der Waals surface area (Å²) in [4.78, 5) is 0. The fourth-order valence-corrected chi connectivity index (χ4v) is 22.7. The van der Waals surface area contributed by atoms with Crippen molar-refractivity contribution < 1.29 is 0 Å². The van der Waals surface area contributed by atoms with Gasteiger partial charge in [-0.25, -0.2) is 0 Å². The van der Waals surface area contributed by atoms with E-state index in [9.17, 15) is 0 Å². The highest BCUT2D eigenvalue weighted by Crippen LogP contribution is 2.26. The summed E-state index contributed by atoms with van der Waals surface area (Å²) in [5, 5.41) is 4.84. The molecule has 1 unspecified atom stereocenters. The lowest BCUT2D eigenvalue weighted by molar-refractivity contribution is 1.34. The fourth-order valence-electron chi connectivity index (χ4n) is 4.27. The quantitative estimate of drug-likeness (QED) is 0.511. The SMILES string of the molecule is C[SiH](CC[Si](C)(C)[Si](C)(c1ccccc1)c1ccccc1)c1ccccc1. The van der Waals surface area contributed by atoms with Crippen LogP contribution in [0.1, 0.15) is 0 Å². The zero-order valence-electron chi connectivity index (χ0n) is 17.2. The Balaban J connectivity index is 1.91. The molecule has 0 radical (unpaired) electrons. The van der Waals surface area contributed by atoms with Crippen molar-refractivity contribution in [1.29, 1.82) is 0 Å². The summed E-state index contributed by atoms with van der Waals surface area (Å²) >= 11 is 0. The molecule has 0 aliphatic rings. The Morgan fingerprint density at radius 1 is 0.630 bits per heavy atom. The first-order chi connectivity index (χ1) is 12.9. The van der Waals surface area contributed by atoms with Crippen molar-refractivity contribution in [3.05, 3.63) is 91.0 Å². The standard InChI is InChI=1S/C24H32Si3/c1-25(22-14-8-5-9-15-22)20-21-26(2,3)27(4,23-16-10-6-11-17-23)24-18-12-7-13-19-24/h5-19,25H,20-21H2,1-4H3. The summed E-state index contributed by atoms with van der Waals surface area (Å²) in [6.07, 6.45) is 0. The summed E-state index contributed by atoms with van der Waals surface area (Å²) in [6, 6.07) is 36.9. The third kappa shape index (κ3) is 4.26. The van der Waals surface area contributed by atoms with Crippen LogP contribution in [0.5, 0.6) is 0 Å². The van der Waals surface area contributed by atoms with Crippen LogP contribution >= 0.6 is 0 Å². The van der Waals surface area contributed by atoms with Gasteiger partial charge in [0, 0.05) is 0 Å². The van der Waals surface area contributed by atoms with Crippen LogP contribution in [0.25, 0.3) is 0 Å². The second-order valence-corrected chi connectivity index (χ2v) is 26.4. The molecule has 0 aliphatic heterocycles. The monoisotopic (exact) mass is 404 g/mol. The molecule has 0 fully saturated rings. The molecule has 0 saturated carbocycles. The average Bonchev–Trinajstić information content (AvgIpc) is 2.73. The van der Waals surface area contributed by atoms with Crippen LogP contribution in [-0.4, -0.2) is 24.0 Å². The van der Waals surface area contributed by atoms with E-state index in [1.807, 2.05) is 0 Å². The van der Waals surface area contributed by atoms with Gasteiger partial charge in [0.25, 0.3) is 0 Å². The second kappa shape index (κ2) is 8.55. The second-order valence-electron chi connectivity index (χ2n) is 8.59. The van der Waals surface area contributed by atoms with E-state index in [1.165, 1.54) is 12.1 Å². The van der Waals surface area contributed by atoms with E-state index in [0.29, 0.717) is 0 Å². The highest BCUT2D eigenvalue weighted by molar-refractivity contribution is 7.50. The molecule has 3 aromatic carbocycles. The summed E-state index contributed by atoms with van der Waals surface area (Å²) in [5.41, 5.74) is 0. The van der Waals surface area contributed by atoms with Crippen LogP contribution in [0, 0.1) is 0 Å². The molecule has 0 heterocycles. The van der Waals surface area contributed by atoms with Gasteiger partial charge in [-0.1, -0.05) is 145 Å². The van der Waals surface area contributed by atoms with Gasteiger partial charge in [0.2, 0.25) is 0 Å². The number of rotatable bonds is 7. The first-order valence-electron chi connectivity index (χ1n) is 10.1. The molecule has 1 atom stereocenters. The molecule has 0 spiro atoms. The van der Waals surface area contributed by atoms with Gasteiger partial charge >= 0.3 is 0 Å². The summed E-state index contributed by atoms with van der Waals surface area (Å²) in [5.74, 6) is 0. The third-order valence-electron chi connectivity index (χ3n) is 6.63. The fraction of sp³-hybridized carbons (Fsp3) is 0.250. The molecular formula is C24H32Si3. The Kier molecular flexibility index (Phi) is 6.35. The van der Waals surface area contributed by atoms with Gasteiger partial charge in [-0.05, 0) is 0 Å². The van der Waals surface area contributed by atoms with E-state index < -0.39 is 24.0 Å². The molecule has 0 amide bonds. The van der Waals surface area contributed by atoms with Crippen molar-refractivity contribution in [3.8, 4) is 0 Å². The van der Waals surface area contributed by atoms with Gasteiger partial charge in [-0.15, -0.1) is 0 Å². The molecule has 0 aromatic heterocycles. The maximum Gasteiger partial charge on any atom is 0.107 e. The summed E-state index contributed by atoms with van der Waals surface area (Å²) in [7, 11) is -4.06. The molecule has 3 heteroatoms. The van der Waals surface area contributed by atoms with Crippen LogP contribution in [0.4, 0.5) is 0 Å². The molecule has 0 aliphatic carbocycles. The van der Waals surface area contributed by atoms with E-state index >= 15 is 0 Å². The lowest BCUT2D eigenvalue weighted by Gasteiger charge is -2.43. The summed E-state index contributed by atoms with van der Waals surface area (Å²) in [6.45, 7) is 10.5. The van der Waals surface area contributed by atoms with Gasteiger partial charge in [0.05, 0.1) is 16.4 Å². The van der Waals surface area contributed by atoms with Crippen molar-refractivity contribution in [2.75, 3.05) is 0 Å². The Hall–Kier alpha value is -1.69. The number of benzene rings is 3. The average molecular weight is 405 g/mol. The largest absolute Gasteiger partial charge is 0.107 e. The zero-order valence-corrected chi connectivity index (χ0v) is 20.3. The van der Waals surface area contributed by atoms with Gasteiger partial charge in [-0.2, -0.15) is 0 Å². The highest BCUT2D eigenvalue weighted by atomic mass is 29.3. The Morgan fingerprint density at radius 3 is 1.48 bits per heavy atom. The lowest BCUT2D eigenvalue weighted by Crippen LogP contribution is -2.72. The molecule has 0 bridgehead atoms. The van der Waals surface area contributed by atoms with E-state index in [2.05, 4.69) is 117 Å². The molecule has 3 aromatic rings. The lowest BCUT2D eigenvalue weighted by atomic mass is 10.4. The molecule has 27 heavy (non-hydrogen) atoms. The molecule has 0 N–H and O–H groups in total. The predicted octanol–water partition coefficient (Wildman–Crippen LogP) is 4.43. The van der Waals surface area contributed by atoms with E-state index in [4.69, 9.17) is 0 Å². The molecule has 0 saturated heterocycles. The van der Waals surface area contributed by atoms with Gasteiger partial charge < -0.3 is 0 Å². The minimum Gasteiger partial charge on any atom is -0.0707 e. The Morgan fingerprint density at radius 2 is 1.04 bits per heavy atom. The van der Waals surface area contributed by atoms with Crippen molar-refractivity contribution in [3.63, 3.8) is 0 Å². The molecule has 0 nitrogen and oxygen atoms in total. The maximum absolute atomic E-state index is 2.66. The minimum absolute atomic E-state index is 0.863. The first-order valence-corrected chi connectivity index (χ1v) is 19.4. The van der Waals surface area contributed by atoms with E-state index in [1.54, 1.807) is 15.6 Å². The maximum atomic E-state index is 2.66. The van der Waals surface area contributed by atoms with Crippen molar-refractivity contribution in [1.82, 2.24) is 0 Å². The Bertz CT molecular complexity index is 790. The van der Waals surface area contributed by atoms with Crippen LogP contribution in [0.15, 0.2) is 91.0 Å². The van der Waals surface area contributed by atoms with Crippen molar-refractivity contribution in [2.24, 2.45) is 0 Å². The van der Waals surface area contributed by atoms with Crippen LogP contribution in [-0.2, 0) is 0 Å². The highest BCUT2D eigenvalue weighted by Gasteiger charge is 2.47. The normalized spacial score (nSPS) is 13.3. The van der Waals surface area contributed by atoms with Crippen LogP contribution in [0.3, 0.4) is 0 Å². The Labute approximate surface area is 168 Å². The van der Waals surface area contributed by atoms with Crippen LogP contribution < -0.4 is 15.6 Å². The number of hydrogen-bond acceptors (Lipinski definition) is 0. The third-order valence-corrected chi connectivity index (χ3v) is 27.7. The molecule has 140 valence electrons.